The normalized spacial score (nSPS) is 9.83. The number of aryl methyl sites for hydroxylation is 1. The van der Waals surface area contributed by atoms with Gasteiger partial charge in [0.25, 0.3) is 0 Å². The molecule has 2 aromatic rings. The van der Waals surface area contributed by atoms with Crippen LogP contribution in [0.4, 0.5) is 0 Å². The number of nitriles is 1. The Labute approximate surface area is 113 Å². The summed E-state index contributed by atoms with van der Waals surface area (Å²) < 4.78 is 6.46. The van der Waals surface area contributed by atoms with Crippen LogP contribution in [0.25, 0.3) is 0 Å². The van der Waals surface area contributed by atoms with E-state index in [1.807, 2.05) is 30.3 Å². The summed E-state index contributed by atoms with van der Waals surface area (Å²) in [7, 11) is 0. The van der Waals surface area contributed by atoms with Crippen molar-refractivity contribution >= 4 is 15.9 Å². The highest BCUT2D eigenvalue weighted by Crippen LogP contribution is 2.17. The summed E-state index contributed by atoms with van der Waals surface area (Å²) in [5.41, 5.74) is 2.02. The lowest BCUT2D eigenvalue weighted by molar-refractivity contribution is 0.279. The van der Waals surface area contributed by atoms with E-state index in [0.717, 1.165) is 10.0 Å². The number of rotatable bonds is 3. The molecule has 0 radical (unpaired) electrons. The minimum Gasteiger partial charge on any atom is -0.459 e. The number of aromatic nitrogens is 2. The van der Waals surface area contributed by atoms with Gasteiger partial charge in [-0.2, -0.15) is 10.2 Å². The highest BCUT2D eigenvalue weighted by Gasteiger charge is 2.04. The van der Waals surface area contributed by atoms with Gasteiger partial charge in [0.05, 0.1) is 0 Å². The van der Waals surface area contributed by atoms with E-state index in [2.05, 4.69) is 25.9 Å². The third-order valence-electron chi connectivity index (χ3n) is 2.26. The van der Waals surface area contributed by atoms with Crippen molar-refractivity contribution in [2.24, 2.45) is 0 Å². The van der Waals surface area contributed by atoms with Gasteiger partial charge >= 0.3 is 6.01 Å². The smallest absolute Gasteiger partial charge is 0.318 e. The summed E-state index contributed by atoms with van der Waals surface area (Å²) in [5.74, 6) is 0. The summed E-state index contributed by atoms with van der Waals surface area (Å²) >= 11 is 3.44. The first kappa shape index (κ1) is 12.5. The van der Waals surface area contributed by atoms with E-state index in [4.69, 9.17) is 10.00 Å². The van der Waals surface area contributed by atoms with E-state index in [9.17, 15) is 0 Å². The Kier molecular flexibility index (Phi) is 3.90. The van der Waals surface area contributed by atoms with Gasteiger partial charge in [0.1, 0.15) is 18.4 Å². The molecule has 0 saturated heterocycles. The highest BCUT2D eigenvalue weighted by molar-refractivity contribution is 9.10. The summed E-state index contributed by atoms with van der Waals surface area (Å²) in [6.45, 7) is 2.16. The molecule has 1 aromatic carbocycles. The molecular weight excluding hydrogens is 294 g/mol. The Hall–Kier alpha value is -1.93. The molecule has 0 N–H and O–H groups in total. The average Bonchev–Trinajstić information content (AvgIpc) is 2.37. The first-order valence-corrected chi connectivity index (χ1v) is 6.10. The second kappa shape index (κ2) is 5.61. The Balaban J connectivity index is 2.14. The number of hydrogen-bond acceptors (Lipinski definition) is 4. The molecule has 0 aliphatic rings. The molecule has 18 heavy (non-hydrogen) atoms. The van der Waals surface area contributed by atoms with E-state index >= 15 is 0 Å². The van der Waals surface area contributed by atoms with Gasteiger partial charge < -0.3 is 4.74 Å². The minimum absolute atomic E-state index is 0.224. The van der Waals surface area contributed by atoms with Gasteiger partial charge in [0.2, 0.25) is 0 Å². The Bertz CT molecular complexity index is 607. The lowest BCUT2D eigenvalue weighted by Gasteiger charge is -2.06. The van der Waals surface area contributed by atoms with Crippen LogP contribution in [0.5, 0.6) is 6.01 Å². The third kappa shape index (κ3) is 3.05. The maximum atomic E-state index is 8.81. The van der Waals surface area contributed by atoms with Gasteiger partial charge in [0.15, 0.2) is 0 Å². The predicted molar refractivity (Wildman–Crippen MR) is 70.0 cm³/mol. The van der Waals surface area contributed by atoms with Crippen molar-refractivity contribution in [1.29, 1.82) is 5.26 Å². The molecular formula is C13H10BrN3O. The molecule has 0 spiro atoms. The molecule has 5 heteroatoms. The maximum Gasteiger partial charge on any atom is 0.318 e. The largest absolute Gasteiger partial charge is 0.459 e. The molecule has 1 aromatic heterocycles. The lowest BCUT2D eigenvalue weighted by Crippen LogP contribution is -2.02. The lowest BCUT2D eigenvalue weighted by atomic mass is 10.2. The molecule has 0 amide bonds. The zero-order chi connectivity index (χ0) is 13.0. The van der Waals surface area contributed by atoms with E-state index in [1.165, 1.54) is 0 Å². The predicted octanol–water partition coefficient (Wildman–Crippen LogP) is 3.00. The van der Waals surface area contributed by atoms with E-state index in [0.29, 0.717) is 18.0 Å². The monoisotopic (exact) mass is 303 g/mol. The van der Waals surface area contributed by atoms with Crippen LogP contribution in [-0.2, 0) is 6.61 Å². The first-order valence-electron chi connectivity index (χ1n) is 5.31. The molecule has 0 fully saturated rings. The quantitative estimate of drug-likeness (QED) is 0.874. The van der Waals surface area contributed by atoms with Crippen LogP contribution in [0.3, 0.4) is 0 Å². The number of nitrogens with zero attached hydrogens (tertiary/aromatic N) is 3. The van der Waals surface area contributed by atoms with Crippen LogP contribution >= 0.6 is 15.9 Å². The van der Waals surface area contributed by atoms with Crippen LogP contribution in [0.15, 0.2) is 34.8 Å². The van der Waals surface area contributed by atoms with Crippen molar-refractivity contribution in [2.45, 2.75) is 13.5 Å². The molecule has 90 valence electrons. The van der Waals surface area contributed by atoms with Crippen LogP contribution in [0.1, 0.15) is 17.0 Å². The fourth-order valence-corrected chi connectivity index (χ4v) is 1.82. The number of benzene rings is 1. The molecule has 0 aliphatic carbocycles. The van der Waals surface area contributed by atoms with Gasteiger partial charge in [-0.05, 0) is 19.1 Å². The van der Waals surface area contributed by atoms with Gasteiger partial charge in [-0.15, -0.1) is 0 Å². The van der Waals surface area contributed by atoms with E-state index in [-0.39, 0.29) is 6.01 Å². The van der Waals surface area contributed by atoms with Gasteiger partial charge in [-0.1, -0.05) is 34.1 Å². The number of hydrogen-bond donors (Lipinski definition) is 0. The van der Waals surface area contributed by atoms with Crippen molar-refractivity contribution in [1.82, 2.24) is 9.97 Å². The van der Waals surface area contributed by atoms with Crippen LogP contribution in [0.2, 0.25) is 0 Å². The summed E-state index contributed by atoms with van der Waals surface area (Å²) in [6.07, 6.45) is 0. The third-order valence-corrected chi connectivity index (χ3v) is 3.04. The van der Waals surface area contributed by atoms with Crippen LogP contribution in [-0.4, -0.2) is 9.97 Å². The molecule has 2 rings (SSSR count). The van der Waals surface area contributed by atoms with Crippen molar-refractivity contribution in [3.63, 3.8) is 0 Å². The van der Waals surface area contributed by atoms with E-state index in [1.54, 1.807) is 13.0 Å². The molecule has 0 unspecified atom stereocenters. The molecule has 4 nitrogen and oxygen atoms in total. The summed E-state index contributed by atoms with van der Waals surface area (Å²) in [4.78, 5) is 8.11. The zero-order valence-corrected chi connectivity index (χ0v) is 11.3. The van der Waals surface area contributed by atoms with Gasteiger partial charge in [-0.3, -0.25) is 0 Å². The van der Waals surface area contributed by atoms with Gasteiger partial charge in [-0.25, -0.2) is 4.98 Å². The zero-order valence-electron chi connectivity index (χ0n) is 9.72. The second-order valence-corrected chi connectivity index (χ2v) is 4.52. The summed E-state index contributed by atoms with van der Waals surface area (Å²) in [6, 6.07) is 11.6. The van der Waals surface area contributed by atoms with Crippen LogP contribution in [0, 0.1) is 18.3 Å². The molecule has 1 heterocycles. The molecule has 0 aliphatic heterocycles. The Morgan fingerprint density at radius 3 is 2.83 bits per heavy atom. The SMILES string of the molecule is Cc1cc(C#N)nc(OCc2ccccc2Br)n1. The second-order valence-electron chi connectivity index (χ2n) is 3.67. The first-order chi connectivity index (χ1) is 8.69. The molecule has 0 atom stereocenters. The minimum atomic E-state index is 0.224. The Morgan fingerprint density at radius 1 is 1.33 bits per heavy atom. The molecule has 0 saturated carbocycles. The average molecular weight is 304 g/mol. The van der Waals surface area contributed by atoms with Crippen molar-refractivity contribution in [3.05, 3.63) is 51.8 Å². The number of halogens is 1. The standard InChI is InChI=1S/C13H10BrN3O/c1-9-6-11(7-15)17-13(16-9)18-8-10-4-2-3-5-12(10)14/h2-6H,8H2,1H3. The van der Waals surface area contributed by atoms with Crippen molar-refractivity contribution < 1.29 is 4.74 Å². The van der Waals surface area contributed by atoms with Crippen LogP contribution < -0.4 is 4.74 Å². The topological polar surface area (TPSA) is 58.8 Å². The highest BCUT2D eigenvalue weighted by atomic mass is 79.9. The fourth-order valence-electron chi connectivity index (χ4n) is 1.42. The summed E-state index contributed by atoms with van der Waals surface area (Å²) in [5, 5.41) is 8.81. The van der Waals surface area contributed by atoms with E-state index < -0.39 is 0 Å². The van der Waals surface area contributed by atoms with Crippen molar-refractivity contribution in [2.75, 3.05) is 0 Å². The van der Waals surface area contributed by atoms with Gasteiger partial charge in [0, 0.05) is 15.7 Å². The van der Waals surface area contributed by atoms with Crippen molar-refractivity contribution in [3.8, 4) is 12.1 Å². The Morgan fingerprint density at radius 2 is 2.11 bits per heavy atom. The fraction of sp³-hybridized carbons (Fsp3) is 0.154. The molecule has 0 bridgehead atoms. The number of ether oxygens (including phenoxy) is 1. The maximum absolute atomic E-state index is 8.81.